The fourth-order valence-corrected chi connectivity index (χ4v) is 1.31. The largest absolute Gasteiger partial charge is 0.494 e. The summed E-state index contributed by atoms with van der Waals surface area (Å²) in [7, 11) is 1.43. The van der Waals surface area contributed by atoms with Gasteiger partial charge in [0.15, 0.2) is 11.6 Å². The third-order valence-electron chi connectivity index (χ3n) is 2.25. The van der Waals surface area contributed by atoms with Crippen LogP contribution in [-0.2, 0) is 6.42 Å². The Kier molecular flexibility index (Phi) is 4.52. The molecule has 0 aromatic heterocycles. The van der Waals surface area contributed by atoms with E-state index in [-0.39, 0.29) is 24.2 Å². The van der Waals surface area contributed by atoms with Crippen molar-refractivity contribution in [3.63, 3.8) is 0 Å². The SMILES string of the molecule is COc1ccc(CCC(N)CO)cc1F. The first-order valence-corrected chi connectivity index (χ1v) is 4.86. The van der Waals surface area contributed by atoms with E-state index in [4.69, 9.17) is 15.6 Å². The van der Waals surface area contributed by atoms with Gasteiger partial charge in [0.05, 0.1) is 13.7 Å². The van der Waals surface area contributed by atoms with Gasteiger partial charge in [-0.3, -0.25) is 0 Å². The molecule has 4 heteroatoms. The van der Waals surface area contributed by atoms with Crippen molar-refractivity contribution >= 4 is 0 Å². The van der Waals surface area contributed by atoms with E-state index < -0.39 is 0 Å². The second-order valence-corrected chi connectivity index (χ2v) is 3.45. The van der Waals surface area contributed by atoms with Gasteiger partial charge in [-0.05, 0) is 30.5 Å². The van der Waals surface area contributed by atoms with Crippen LogP contribution in [0, 0.1) is 5.82 Å². The van der Waals surface area contributed by atoms with Crippen LogP contribution in [0.1, 0.15) is 12.0 Å². The van der Waals surface area contributed by atoms with Gasteiger partial charge in [-0.15, -0.1) is 0 Å². The number of aryl methyl sites for hydroxylation is 1. The van der Waals surface area contributed by atoms with Crippen molar-refractivity contribution in [2.45, 2.75) is 18.9 Å². The lowest BCUT2D eigenvalue weighted by Crippen LogP contribution is -2.24. The molecule has 0 bridgehead atoms. The number of methoxy groups -OCH3 is 1. The maximum Gasteiger partial charge on any atom is 0.165 e. The van der Waals surface area contributed by atoms with Crippen LogP contribution in [0.25, 0.3) is 0 Å². The third kappa shape index (κ3) is 3.49. The van der Waals surface area contributed by atoms with Crippen LogP contribution in [0.4, 0.5) is 4.39 Å². The van der Waals surface area contributed by atoms with E-state index in [0.29, 0.717) is 12.8 Å². The first-order chi connectivity index (χ1) is 7.17. The molecule has 0 saturated carbocycles. The molecule has 0 saturated heterocycles. The van der Waals surface area contributed by atoms with Gasteiger partial charge in [-0.1, -0.05) is 6.07 Å². The minimum Gasteiger partial charge on any atom is -0.494 e. The Morgan fingerprint density at radius 1 is 1.53 bits per heavy atom. The molecule has 1 aromatic carbocycles. The first-order valence-electron chi connectivity index (χ1n) is 4.86. The van der Waals surface area contributed by atoms with Crippen molar-refractivity contribution < 1.29 is 14.2 Å². The van der Waals surface area contributed by atoms with Crippen LogP contribution in [0.15, 0.2) is 18.2 Å². The Morgan fingerprint density at radius 2 is 2.27 bits per heavy atom. The van der Waals surface area contributed by atoms with Gasteiger partial charge < -0.3 is 15.6 Å². The molecule has 0 aliphatic heterocycles. The second-order valence-electron chi connectivity index (χ2n) is 3.45. The van der Waals surface area contributed by atoms with Gasteiger partial charge in [-0.2, -0.15) is 0 Å². The normalized spacial score (nSPS) is 12.5. The Labute approximate surface area is 88.7 Å². The molecule has 0 aliphatic rings. The van der Waals surface area contributed by atoms with Crippen LogP contribution >= 0.6 is 0 Å². The molecule has 1 atom stereocenters. The average molecular weight is 213 g/mol. The molecule has 1 unspecified atom stereocenters. The van der Waals surface area contributed by atoms with Crippen LogP contribution in [0.5, 0.6) is 5.75 Å². The van der Waals surface area contributed by atoms with E-state index in [2.05, 4.69) is 0 Å². The smallest absolute Gasteiger partial charge is 0.165 e. The van der Waals surface area contributed by atoms with E-state index >= 15 is 0 Å². The maximum atomic E-state index is 13.3. The fourth-order valence-electron chi connectivity index (χ4n) is 1.31. The molecule has 0 aliphatic carbocycles. The zero-order valence-corrected chi connectivity index (χ0v) is 8.74. The quantitative estimate of drug-likeness (QED) is 0.769. The summed E-state index contributed by atoms with van der Waals surface area (Å²) in [6.07, 6.45) is 1.30. The molecular weight excluding hydrogens is 197 g/mol. The molecule has 84 valence electrons. The number of benzene rings is 1. The van der Waals surface area contributed by atoms with Crippen molar-refractivity contribution in [2.75, 3.05) is 13.7 Å². The van der Waals surface area contributed by atoms with Crippen molar-refractivity contribution in [3.8, 4) is 5.75 Å². The summed E-state index contributed by atoms with van der Waals surface area (Å²) in [4.78, 5) is 0. The zero-order valence-electron chi connectivity index (χ0n) is 8.74. The number of aliphatic hydroxyl groups excluding tert-OH is 1. The van der Waals surface area contributed by atoms with Gasteiger partial charge in [0, 0.05) is 6.04 Å². The molecule has 0 radical (unpaired) electrons. The number of hydrogen-bond donors (Lipinski definition) is 2. The molecule has 3 N–H and O–H groups in total. The monoisotopic (exact) mass is 213 g/mol. The Bertz CT molecular complexity index is 317. The number of aliphatic hydroxyl groups is 1. The van der Waals surface area contributed by atoms with Gasteiger partial charge >= 0.3 is 0 Å². The van der Waals surface area contributed by atoms with Crippen LogP contribution in [0.2, 0.25) is 0 Å². The fraction of sp³-hybridized carbons (Fsp3) is 0.455. The zero-order chi connectivity index (χ0) is 11.3. The predicted molar refractivity (Wildman–Crippen MR) is 56.3 cm³/mol. The number of ether oxygens (including phenoxy) is 1. The summed E-state index contributed by atoms with van der Waals surface area (Å²) < 4.78 is 18.1. The first kappa shape index (κ1) is 11.9. The lowest BCUT2D eigenvalue weighted by Gasteiger charge is -2.08. The van der Waals surface area contributed by atoms with Gasteiger partial charge in [0.25, 0.3) is 0 Å². The van der Waals surface area contributed by atoms with Gasteiger partial charge in [0.2, 0.25) is 0 Å². The maximum absolute atomic E-state index is 13.3. The van der Waals surface area contributed by atoms with Crippen LogP contribution < -0.4 is 10.5 Å². The van der Waals surface area contributed by atoms with E-state index in [1.807, 2.05) is 0 Å². The topological polar surface area (TPSA) is 55.5 Å². The van der Waals surface area contributed by atoms with E-state index in [9.17, 15) is 4.39 Å². The second kappa shape index (κ2) is 5.68. The number of rotatable bonds is 5. The van der Waals surface area contributed by atoms with Crippen molar-refractivity contribution in [1.82, 2.24) is 0 Å². The minimum atomic E-state index is -0.368. The summed E-state index contributed by atoms with van der Waals surface area (Å²) in [6.45, 7) is -0.0430. The summed E-state index contributed by atoms with van der Waals surface area (Å²) in [5, 5.41) is 8.73. The highest BCUT2D eigenvalue weighted by Crippen LogP contribution is 2.18. The van der Waals surface area contributed by atoms with E-state index in [1.54, 1.807) is 12.1 Å². The average Bonchev–Trinajstić information content (AvgIpc) is 2.26. The number of halogens is 1. The minimum absolute atomic E-state index is 0.0430. The molecular formula is C11H16FNO2. The summed E-state index contributed by atoms with van der Waals surface area (Å²) in [6, 6.07) is 4.58. The third-order valence-corrected chi connectivity index (χ3v) is 2.25. The Morgan fingerprint density at radius 3 is 2.80 bits per heavy atom. The van der Waals surface area contributed by atoms with Crippen molar-refractivity contribution in [1.29, 1.82) is 0 Å². The summed E-state index contributed by atoms with van der Waals surface area (Å²) in [5.41, 5.74) is 6.41. The lowest BCUT2D eigenvalue weighted by atomic mass is 10.1. The standard InChI is InChI=1S/C11H16FNO2/c1-15-11-5-3-8(6-10(11)12)2-4-9(13)7-14/h3,5-6,9,14H,2,4,7,13H2,1H3. The van der Waals surface area contributed by atoms with Crippen molar-refractivity contribution in [3.05, 3.63) is 29.6 Å². The van der Waals surface area contributed by atoms with Gasteiger partial charge in [-0.25, -0.2) is 4.39 Å². The highest BCUT2D eigenvalue weighted by molar-refractivity contribution is 5.29. The molecule has 0 fully saturated rings. The van der Waals surface area contributed by atoms with Crippen LogP contribution in [-0.4, -0.2) is 24.9 Å². The predicted octanol–water partition coefficient (Wildman–Crippen LogP) is 1.09. The highest BCUT2D eigenvalue weighted by atomic mass is 19.1. The Hall–Kier alpha value is -1.13. The number of hydrogen-bond acceptors (Lipinski definition) is 3. The van der Waals surface area contributed by atoms with Gasteiger partial charge in [0.1, 0.15) is 0 Å². The molecule has 1 aromatic rings. The Balaban J connectivity index is 2.59. The molecule has 3 nitrogen and oxygen atoms in total. The summed E-state index contributed by atoms with van der Waals surface area (Å²) >= 11 is 0. The molecule has 15 heavy (non-hydrogen) atoms. The molecule has 0 heterocycles. The van der Waals surface area contributed by atoms with E-state index in [1.165, 1.54) is 13.2 Å². The lowest BCUT2D eigenvalue weighted by molar-refractivity contribution is 0.260. The molecule has 1 rings (SSSR count). The van der Waals surface area contributed by atoms with E-state index in [0.717, 1.165) is 5.56 Å². The summed E-state index contributed by atoms with van der Waals surface area (Å²) in [5.74, 6) is -0.127. The molecule has 0 spiro atoms. The number of nitrogens with two attached hydrogens (primary N) is 1. The highest BCUT2D eigenvalue weighted by Gasteiger charge is 2.05. The van der Waals surface area contributed by atoms with Crippen LogP contribution in [0.3, 0.4) is 0 Å². The molecule has 0 amide bonds. The van der Waals surface area contributed by atoms with Crippen molar-refractivity contribution in [2.24, 2.45) is 5.73 Å².